The van der Waals surface area contributed by atoms with Gasteiger partial charge in [-0.2, -0.15) is 0 Å². The van der Waals surface area contributed by atoms with E-state index in [1.807, 2.05) is 24.3 Å². The van der Waals surface area contributed by atoms with Crippen LogP contribution in [-0.2, 0) is 11.2 Å². The zero-order valence-corrected chi connectivity index (χ0v) is 10.8. The Morgan fingerprint density at radius 1 is 1.33 bits per heavy atom. The molecule has 1 aromatic carbocycles. The zero-order chi connectivity index (χ0) is 12.5. The van der Waals surface area contributed by atoms with Gasteiger partial charge < -0.3 is 10.1 Å². The molecule has 1 amide bonds. The quantitative estimate of drug-likeness (QED) is 0.833. The first-order valence-corrected chi connectivity index (χ1v) is 6.86. The first kappa shape index (κ1) is 11.8. The smallest absolute Gasteiger partial charge is 0.261 e. The number of para-hydroxylation sites is 1. The molecule has 1 N–H and O–H groups in total. The second-order valence-corrected chi connectivity index (χ2v) is 5.54. The number of amides is 1. The van der Waals surface area contributed by atoms with Gasteiger partial charge >= 0.3 is 0 Å². The monoisotopic (exact) mass is 265 g/mol. The van der Waals surface area contributed by atoms with E-state index in [1.165, 1.54) is 0 Å². The Bertz CT molecular complexity index is 438. The summed E-state index contributed by atoms with van der Waals surface area (Å²) in [5, 5.41) is 3.08. The van der Waals surface area contributed by atoms with Gasteiger partial charge in [0.2, 0.25) is 0 Å². The van der Waals surface area contributed by atoms with E-state index < -0.39 is 6.10 Å². The van der Waals surface area contributed by atoms with Crippen molar-refractivity contribution >= 4 is 17.5 Å². The van der Waals surface area contributed by atoms with Crippen LogP contribution in [0.2, 0.25) is 0 Å². The highest BCUT2D eigenvalue weighted by Crippen LogP contribution is 2.29. The minimum absolute atomic E-state index is 0.0382. The van der Waals surface area contributed by atoms with Crippen molar-refractivity contribution < 1.29 is 9.53 Å². The Hall–Kier alpha value is -1.22. The standard InChI is InChI=1S/C14H16ClNO2/c15-10-5-3-6-11(10)16-14(17)13-8-9-4-1-2-7-12(9)18-13/h1-2,4,7,10-11,13H,3,5-6,8H2,(H,16,17). The summed E-state index contributed by atoms with van der Waals surface area (Å²) in [7, 11) is 0. The minimum atomic E-state index is -0.396. The van der Waals surface area contributed by atoms with Crippen LogP contribution in [0, 0.1) is 0 Å². The zero-order valence-electron chi connectivity index (χ0n) is 10.1. The molecule has 4 heteroatoms. The Morgan fingerprint density at radius 3 is 2.89 bits per heavy atom. The maximum Gasteiger partial charge on any atom is 0.261 e. The predicted octanol–water partition coefficient (Wildman–Crippen LogP) is 2.27. The third-order valence-corrected chi connectivity index (χ3v) is 4.22. The van der Waals surface area contributed by atoms with Gasteiger partial charge in [0.15, 0.2) is 6.10 Å². The van der Waals surface area contributed by atoms with E-state index in [1.54, 1.807) is 0 Å². The van der Waals surface area contributed by atoms with Crippen LogP contribution in [0.3, 0.4) is 0 Å². The summed E-state index contributed by atoms with van der Waals surface area (Å²) in [4.78, 5) is 12.1. The third-order valence-electron chi connectivity index (χ3n) is 3.70. The van der Waals surface area contributed by atoms with Gasteiger partial charge in [-0.05, 0) is 30.9 Å². The molecule has 1 heterocycles. The van der Waals surface area contributed by atoms with E-state index >= 15 is 0 Å². The minimum Gasteiger partial charge on any atom is -0.480 e. The molecule has 1 aliphatic carbocycles. The molecule has 0 spiro atoms. The van der Waals surface area contributed by atoms with E-state index in [-0.39, 0.29) is 17.3 Å². The Labute approximate surface area is 111 Å². The number of halogens is 1. The molecule has 3 unspecified atom stereocenters. The van der Waals surface area contributed by atoms with Crippen molar-refractivity contribution in [3.05, 3.63) is 29.8 Å². The summed E-state index contributed by atoms with van der Waals surface area (Å²) in [6.45, 7) is 0. The molecule has 1 aromatic rings. The fraction of sp³-hybridized carbons (Fsp3) is 0.500. The molecule has 0 saturated heterocycles. The van der Waals surface area contributed by atoms with Gasteiger partial charge in [-0.1, -0.05) is 18.2 Å². The number of alkyl halides is 1. The topological polar surface area (TPSA) is 38.3 Å². The molecule has 2 aliphatic rings. The lowest BCUT2D eigenvalue weighted by Crippen LogP contribution is -2.45. The van der Waals surface area contributed by atoms with Crippen molar-refractivity contribution in [2.24, 2.45) is 0 Å². The highest BCUT2D eigenvalue weighted by atomic mass is 35.5. The molecular formula is C14H16ClNO2. The summed E-state index contributed by atoms with van der Waals surface area (Å²) in [5.41, 5.74) is 1.10. The van der Waals surface area contributed by atoms with Gasteiger partial charge in [-0.25, -0.2) is 0 Å². The summed E-state index contributed by atoms with van der Waals surface area (Å²) in [5.74, 6) is 0.787. The second kappa shape index (κ2) is 4.81. The van der Waals surface area contributed by atoms with E-state index in [0.717, 1.165) is 30.6 Å². The van der Waals surface area contributed by atoms with Crippen LogP contribution >= 0.6 is 11.6 Å². The molecular weight excluding hydrogens is 250 g/mol. The van der Waals surface area contributed by atoms with Crippen LogP contribution in [0.15, 0.2) is 24.3 Å². The highest BCUT2D eigenvalue weighted by Gasteiger charge is 2.33. The van der Waals surface area contributed by atoms with Crippen LogP contribution in [0.25, 0.3) is 0 Å². The van der Waals surface area contributed by atoms with Crippen LogP contribution in [0.4, 0.5) is 0 Å². The summed E-state index contributed by atoms with van der Waals surface area (Å²) < 4.78 is 5.66. The summed E-state index contributed by atoms with van der Waals surface area (Å²) >= 11 is 6.16. The number of carbonyl (C=O) groups excluding carboxylic acids is 1. The van der Waals surface area contributed by atoms with Gasteiger partial charge in [-0.3, -0.25) is 4.79 Å². The molecule has 1 saturated carbocycles. The molecule has 96 valence electrons. The van der Waals surface area contributed by atoms with Crippen molar-refractivity contribution in [1.82, 2.24) is 5.32 Å². The molecule has 0 bridgehead atoms. The number of hydrogen-bond acceptors (Lipinski definition) is 2. The van der Waals surface area contributed by atoms with E-state index in [0.29, 0.717) is 6.42 Å². The number of rotatable bonds is 2. The van der Waals surface area contributed by atoms with E-state index in [4.69, 9.17) is 16.3 Å². The van der Waals surface area contributed by atoms with Crippen LogP contribution in [0.1, 0.15) is 24.8 Å². The average molecular weight is 266 g/mol. The molecule has 3 rings (SSSR count). The number of fused-ring (bicyclic) bond motifs is 1. The predicted molar refractivity (Wildman–Crippen MR) is 70.0 cm³/mol. The van der Waals surface area contributed by atoms with Crippen molar-refractivity contribution in [2.75, 3.05) is 0 Å². The third kappa shape index (κ3) is 2.19. The molecule has 1 fully saturated rings. The van der Waals surface area contributed by atoms with Gasteiger partial charge in [0, 0.05) is 12.5 Å². The van der Waals surface area contributed by atoms with Crippen LogP contribution in [0.5, 0.6) is 5.75 Å². The SMILES string of the molecule is O=C(NC1CCCC1Cl)C1Cc2ccccc2O1. The van der Waals surface area contributed by atoms with Crippen LogP contribution < -0.4 is 10.1 Å². The highest BCUT2D eigenvalue weighted by molar-refractivity contribution is 6.21. The molecule has 0 aromatic heterocycles. The van der Waals surface area contributed by atoms with E-state index in [2.05, 4.69) is 5.32 Å². The largest absolute Gasteiger partial charge is 0.480 e. The fourth-order valence-electron chi connectivity index (χ4n) is 2.68. The van der Waals surface area contributed by atoms with Crippen molar-refractivity contribution in [1.29, 1.82) is 0 Å². The second-order valence-electron chi connectivity index (χ2n) is 4.98. The van der Waals surface area contributed by atoms with Crippen molar-refractivity contribution in [2.45, 2.75) is 43.2 Å². The Morgan fingerprint density at radius 2 is 2.17 bits per heavy atom. The van der Waals surface area contributed by atoms with Gasteiger partial charge in [0.1, 0.15) is 5.75 Å². The fourth-order valence-corrected chi connectivity index (χ4v) is 3.02. The Kier molecular flexibility index (Phi) is 3.16. The van der Waals surface area contributed by atoms with Crippen molar-refractivity contribution in [3.63, 3.8) is 0 Å². The molecule has 3 atom stereocenters. The molecule has 3 nitrogen and oxygen atoms in total. The van der Waals surface area contributed by atoms with Gasteiger partial charge in [-0.15, -0.1) is 11.6 Å². The first-order valence-electron chi connectivity index (χ1n) is 6.43. The lowest BCUT2D eigenvalue weighted by atomic mass is 10.1. The normalized spacial score (nSPS) is 29.7. The maximum absolute atomic E-state index is 12.1. The molecule has 18 heavy (non-hydrogen) atoms. The summed E-state index contributed by atoms with van der Waals surface area (Å²) in [6, 6.07) is 7.90. The van der Waals surface area contributed by atoms with Gasteiger partial charge in [0.05, 0.1) is 5.38 Å². The summed E-state index contributed by atoms with van der Waals surface area (Å²) in [6.07, 6.45) is 3.30. The number of carbonyl (C=O) groups is 1. The van der Waals surface area contributed by atoms with Crippen LogP contribution in [-0.4, -0.2) is 23.4 Å². The molecule has 0 radical (unpaired) electrons. The lowest BCUT2D eigenvalue weighted by molar-refractivity contribution is -0.127. The first-order chi connectivity index (χ1) is 8.74. The number of nitrogens with one attached hydrogen (secondary N) is 1. The maximum atomic E-state index is 12.1. The average Bonchev–Trinajstić information content (AvgIpc) is 2.96. The number of hydrogen-bond donors (Lipinski definition) is 1. The van der Waals surface area contributed by atoms with Gasteiger partial charge in [0.25, 0.3) is 5.91 Å². The Balaban J connectivity index is 1.62. The van der Waals surface area contributed by atoms with Crippen molar-refractivity contribution in [3.8, 4) is 5.75 Å². The van der Waals surface area contributed by atoms with E-state index in [9.17, 15) is 4.79 Å². The number of ether oxygens (including phenoxy) is 1. The molecule has 1 aliphatic heterocycles. The number of benzene rings is 1. The lowest BCUT2D eigenvalue weighted by Gasteiger charge is -2.18.